The molecule has 3 nitrogen and oxygen atoms in total. The second-order valence-corrected chi connectivity index (χ2v) is 4.34. The molecule has 1 saturated heterocycles. The van der Waals surface area contributed by atoms with Crippen LogP contribution in [0.5, 0.6) is 11.5 Å². The van der Waals surface area contributed by atoms with Gasteiger partial charge in [0.15, 0.2) is 0 Å². The predicted octanol–water partition coefficient (Wildman–Crippen LogP) is 2.55. The van der Waals surface area contributed by atoms with E-state index < -0.39 is 12.0 Å². The van der Waals surface area contributed by atoms with Crippen LogP contribution in [0.4, 0.5) is 8.78 Å². The third-order valence-electron chi connectivity index (χ3n) is 3.26. The Kier molecular flexibility index (Phi) is 3.71. The lowest BCUT2D eigenvalue weighted by atomic mass is 9.98. The first-order chi connectivity index (χ1) is 8.59. The molecule has 0 bridgehead atoms. The Hall–Kier alpha value is -1.36. The second-order valence-electron chi connectivity index (χ2n) is 4.34. The number of hydrogen-bond acceptors (Lipinski definition) is 3. The summed E-state index contributed by atoms with van der Waals surface area (Å²) in [6, 6.07) is 3.63. The highest BCUT2D eigenvalue weighted by Gasteiger charge is 2.44. The summed E-state index contributed by atoms with van der Waals surface area (Å²) in [5, 5.41) is 2.84. The van der Waals surface area contributed by atoms with E-state index in [1.54, 1.807) is 6.07 Å². The third-order valence-corrected chi connectivity index (χ3v) is 3.26. The molecule has 5 heteroatoms. The summed E-state index contributed by atoms with van der Waals surface area (Å²) in [6.45, 7) is 0.631. The highest BCUT2D eigenvalue weighted by atomic mass is 19.3. The first kappa shape index (κ1) is 13.1. The monoisotopic (exact) mass is 257 g/mol. The van der Waals surface area contributed by atoms with Crippen LogP contribution in [0.1, 0.15) is 18.4 Å². The molecule has 1 aliphatic heterocycles. The van der Waals surface area contributed by atoms with Crippen LogP contribution in [0.25, 0.3) is 0 Å². The summed E-state index contributed by atoms with van der Waals surface area (Å²) in [4.78, 5) is 0. The van der Waals surface area contributed by atoms with Gasteiger partial charge in [-0.1, -0.05) is 0 Å². The maximum absolute atomic E-state index is 14.4. The minimum absolute atomic E-state index is 0.122. The quantitative estimate of drug-likeness (QED) is 0.899. The van der Waals surface area contributed by atoms with Gasteiger partial charge in [-0.2, -0.15) is 8.78 Å². The first-order valence-electron chi connectivity index (χ1n) is 5.93. The van der Waals surface area contributed by atoms with Gasteiger partial charge in [0.1, 0.15) is 11.5 Å². The number of methoxy groups -OCH3 is 2. The summed E-state index contributed by atoms with van der Waals surface area (Å²) in [7, 11) is 2.85. The van der Waals surface area contributed by atoms with E-state index in [9.17, 15) is 8.78 Å². The van der Waals surface area contributed by atoms with E-state index in [2.05, 4.69) is 5.32 Å². The first-order valence-corrected chi connectivity index (χ1v) is 5.93. The van der Waals surface area contributed by atoms with Crippen molar-refractivity contribution in [3.8, 4) is 11.5 Å². The molecule has 1 heterocycles. The molecular formula is C13H17F2NO2. The van der Waals surface area contributed by atoms with Crippen LogP contribution in [0.2, 0.25) is 0 Å². The van der Waals surface area contributed by atoms with Crippen molar-refractivity contribution >= 4 is 0 Å². The summed E-state index contributed by atoms with van der Waals surface area (Å²) in [5.41, 5.74) is -0.122. The Morgan fingerprint density at radius 2 is 2.06 bits per heavy atom. The molecule has 18 heavy (non-hydrogen) atoms. The van der Waals surface area contributed by atoms with E-state index in [1.165, 1.54) is 26.4 Å². The molecule has 100 valence electrons. The maximum Gasteiger partial charge on any atom is 0.291 e. The zero-order valence-electron chi connectivity index (χ0n) is 10.5. The van der Waals surface area contributed by atoms with Crippen molar-refractivity contribution in [2.45, 2.75) is 24.8 Å². The van der Waals surface area contributed by atoms with Crippen molar-refractivity contribution < 1.29 is 18.3 Å². The van der Waals surface area contributed by atoms with E-state index in [-0.39, 0.29) is 11.3 Å². The highest BCUT2D eigenvalue weighted by Crippen LogP contribution is 2.41. The van der Waals surface area contributed by atoms with Gasteiger partial charge in [-0.3, -0.25) is 0 Å². The number of alkyl halides is 2. The van der Waals surface area contributed by atoms with Gasteiger partial charge in [0, 0.05) is 0 Å². The molecular weight excluding hydrogens is 240 g/mol. The van der Waals surface area contributed by atoms with E-state index in [0.717, 1.165) is 6.42 Å². The molecule has 0 amide bonds. The molecule has 0 saturated carbocycles. The van der Waals surface area contributed by atoms with Gasteiger partial charge in [0.2, 0.25) is 0 Å². The fraction of sp³-hybridized carbons (Fsp3) is 0.538. The van der Waals surface area contributed by atoms with Crippen molar-refractivity contribution in [1.82, 2.24) is 5.32 Å². The van der Waals surface area contributed by atoms with Crippen molar-refractivity contribution in [3.63, 3.8) is 0 Å². The van der Waals surface area contributed by atoms with Crippen LogP contribution in [-0.2, 0) is 5.92 Å². The predicted molar refractivity (Wildman–Crippen MR) is 64.5 cm³/mol. The van der Waals surface area contributed by atoms with E-state index in [0.29, 0.717) is 18.7 Å². The zero-order chi connectivity index (χ0) is 13.2. The SMILES string of the molecule is COc1ccc(OC)c(C(F)(F)C2CCCN2)c1. The Morgan fingerprint density at radius 3 is 2.61 bits per heavy atom. The van der Waals surface area contributed by atoms with Crippen LogP contribution < -0.4 is 14.8 Å². The minimum Gasteiger partial charge on any atom is -0.497 e. The van der Waals surface area contributed by atoms with Crippen molar-refractivity contribution in [3.05, 3.63) is 23.8 Å². The molecule has 2 rings (SSSR count). The summed E-state index contributed by atoms with van der Waals surface area (Å²) < 4.78 is 38.9. The second kappa shape index (κ2) is 5.10. The van der Waals surface area contributed by atoms with Crippen LogP contribution >= 0.6 is 0 Å². The zero-order valence-corrected chi connectivity index (χ0v) is 10.5. The molecule has 0 aliphatic carbocycles. The Morgan fingerprint density at radius 1 is 1.28 bits per heavy atom. The lowest BCUT2D eigenvalue weighted by Gasteiger charge is -2.25. The smallest absolute Gasteiger partial charge is 0.291 e. The third kappa shape index (κ3) is 2.27. The lowest BCUT2D eigenvalue weighted by Crippen LogP contribution is -2.38. The fourth-order valence-electron chi connectivity index (χ4n) is 2.26. The van der Waals surface area contributed by atoms with Gasteiger partial charge in [0.05, 0.1) is 25.8 Å². The molecule has 0 spiro atoms. The standard InChI is InChI=1S/C13H17F2NO2/c1-17-9-5-6-11(18-2)10(8-9)13(14,15)12-4-3-7-16-12/h5-6,8,12,16H,3-4,7H2,1-2H3. The number of hydrogen-bond donors (Lipinski definition) is 1. The van der Waals surface area contributed by atoms with Crippen LogP contribution in [0.15, 0.2) is 18.2 Å². The van der Waals surface area contributed by atoms with Crippen LogP contribution in [0.3, 0.4) is 0 Å². The van der Waals surface area contributed by atoms with Crippen molar-refractivity contribution in [1.29, 1.82) is 0 Å². The van der Waals surface area contributed by atoms with Crippen LogP contribution in [-0.4, -0.2) is 26.8 Å². The number of benzene rings is 1. The van der Waals surface area contributed by atoms with Gasteiger partial charge in [-0.15, -0.1) is 0 Å². The maximum atomic E-state index is 14.4. The number of rotatable bonds is 4. The topological polar surface area (TPSA) is 30.5 Å². The molecule has 0 aromatic heterocycles. The molecule has 1 N–H and O–H groups in total. The van der Waals surface area contributed by atoms with Crippen molar-refractivity contribution in [2.75, 3.05) is 20.8 Å². The molecule has 1 atom stereocenters. The Bertz CT molecular complexity index is 417. The molecule has 1 unspecified atom stereocenters. The van der Waals surface area contributed by atoms with Gasteiger partial charge in [-0.05, 0) is 37.6 Å². The molecule has 1 aliphatic rings. The largest absolute Gasteiger partial charge is 0.497 e. The lowest BCUT2D eigenvalue weighted by molar-refractivity contribution is -0.0395. The van der Waals surface area contributed by atoms with Crippen LogP contribution in [0, 0.1) is 0 Å². The van der Waals surface area contributed by atoms with Gasteiger partial charge < -0.3 is 14.8 Å². The van der Waals surface area contributed by atoms with Gasteiger partial charge >= 0.3 is 0 Å². The van der Waals surface area contributed by atoms with Crippen molar-refractivity contribution in [2.24, 2.45) is 0 Å². The average Bonchev–Trinajstić information content (AvgIpc) is 2.92. The number of ether oxygens (including phenoxy) is 2. The summed E-state index contributed by atoms with van der Waals surface area (Å²) in [5.74, 6) is -2.37. The minimum atomic E-state index is -2.96. The highest BCUT2D eigenvalue weighted by molar-refractivity contribution is 5.43. The summed E-state index contributed by atoms with van der Waals surface area (Å²) in [6.07, 6.45) is 1.24. The number of halogens is 2. The molecule has 1 aromatic rings. The Balaban J connectivity index is 2.40. The van der Waals surface area contributed by atoms with E-state index >= 15 is 0 Å². The fourth-order valence-corrected chi connectivity index (χ4v) is 2.26. The van der Waals surface area contributed by atoms with E-state index in [1.807, 2.05) is 0 Å². The normalized spacial score (nSPS) is 19.9. The van der Waals surface area contributed by atoms with E-state index in [4.69, 9.17) is 9.47 Å². The van der Waals surface area contributed by atoms with Gasteiger partial charge in [-0.25, -0.2) is 0 Å². The molecule has 1 aromatic carbocycles. The summed E-state index contributed by atoms with van der Waals surface area (Å²) >= 11 is 0. The number of nitrogens with one attached hydrogen (secondary N) is 1. The molecule has 1 fully saturated rings. The van der Waals surface area contributed by atoms with Gasteiger partial charge in [0.25, 0.3) is 5.92 Å². The average molecular weight is 257 g/mol. The Labute approximate surface area is 105 Å². The molecule has 0 radical (unpaired) electrons.